The predicted octanol–water partition coefficient (Wildman–Crippen LogP) is -1.26. The van der Waals surface area contributed by atoms with Crippen molar-refractivity contribution in [2.45, 2.75) is 115 Å². The Kier molecular flexibility index (Phi) is 20.2. The maximum Gasteiger partial charge on any atom is 0.326 e. The summed E-state index contributed by atoms with van der Waals surface area (Å²) in [4.78, 5) is 76.1. The SMILES string of the molecule is C=CC[C@H](NC(=O)[C@H](CCCCN)NC(=O)[C@H](CCCCN)NC(=O)[C@H](C)N)C(=O)N[C@@H](C)C(=O)N[C@@H](CC(C)C)C(=O)O. The normalized spacial score (nSPS) is 15.1. The van der Waals surface area contributed by atoms with Gasteiger partial charge in [0.1, 0.15) is 30.2 Å². The van der Waals surface area contributed by atoms with E-state index in [9.17, 15) is 33.9 Å². The highest BCUT2D eigenvalue weighted by Gasteiger charge is 2.31. The second-order valence-electron chi connectivity index (χ2n) is 11.3. The van der Waals surface area contributed by atoms with Crippen LogP contribution in [0.4, 0.5) is 0 Å². The van der Waals surface area contributed by atoms with Crippen LogP contribution in [0.1, 0.15) is 79.1 Å². The van der Waals surface area contributed by atoms with Crippen molar-refractivity contribution in [1.29, 1.82) is 0 Å². The highest BCUT2D eigenvalue weighted by Crippen LogP contribution is 2.08. The molecule has 44 heavy (non-hydrogen) atoms. The first-order valence-electron chi connectivity index (χ1n) is 15.2. The Morgan fingerprint density at radius 3 is 1.50 bits per heavy atom. The molecule has 0 heterocycles. The fraction of sp³-hybridized carbons (Fsp3) is 0.724. The maximum atomic E-state index is 13.4. The zero-order valence-electron chi connectivity index (χ0n) is 26.5. The number of amides is 5. The highest BCUT2D eigenvalue weighted by atomic mass is 16.4. The standard InChI is InChI=1S/C29H54N8O7/c1-6-11-20(26(40)33-19(5)25(39)37-23(29(43)44)16-17(2)3)35-28(42)22(13-8-10-15-31)36-27(41)21(12-7-9-14-30)34-24(38)18(4)32/h6,17-23H,1,7-16,30-32H2,2-5H3,(H,33,40)(H,34,38)(H,35,42)(H,36,41)(H,37,39)(H,43,44)/t18-,19-,20-,21-,22-,23-/m0/s1. The highest BCUT2D eigenvalue weighted by molar-refractivity contribution is 5.96. The Bertz CT molecular complexity index is 960. The van der Waals surface area contributed by atoms with Gasteiger partial charge in [0.25, 0.3) is 0 Å². The number of nitrogens with one attached hydrogen (secondary N) is 5. The first kappa shape index (κ1) is 40.4. The van der Waals surface area contributed by atoms with Gasteiger partial charge in [0.2, 0.25) is 29.5 Å². The minimum atomic E-state index is -1.19. The van der Waals surface area contributed by atoms with Crippen LogP contribution < -0.4 is 43.8 Å². The van der Waals surface area contributed by atoms with Crippen molar-refractivity contribution in [2.75, 3.05) is 13.1 Å². The molecule has 0 aliphatic heterocycles. The Hall–Kier alpha value is -3.56. The quantitative estimate of drug-likeness (QED) is 0.0480. The molecule has 0 radical (unpaired) electrons. The van der Waals surface area contributed by atoms with Crippen LogP contribution in [0, 0.1) is 5.92 Å². The lowest BCUT2D eigenvalue weighted by Gasteiger charge is -2.26. The molecule has 0 spiro atoms. The monoisotopic (exact) mass is 626 g/mol. The molecule has 252 valence electrons. The number of hydrogen-bond donors (Lipinski definition) is 9. The second-order valence-corrected chi connectivity index (χ2v) is 11.3. The summed E-state index contributed by atoms with van der Waals surface area (Å²) in [5, 5.41) is 22.2. The molecule has 0 bridgehead atoms. The van der Waals surface area contributed by atoms with Gasteiger partial charge in [-0.3, -0.25) is 24.0 Å². The van der Waals surface area contributed by atoms with Crippen LogP contribution in [0.25, 0.3) is 0 Å². The van der Waals surface area contributed by atoms with Crippen LogP contribution in [-0.4, -0.2) is 90.0 Å². The van der Waals surface area contributed by atoms with Gasteiger partial charge in [-0.05, 0) is 84.2 Å². The number of carbonyl (C=O) groups is 6. The molecule has 5 amide bonds. The van der Waals surface area contributed by atoms with Crippen LogP contribution >= 0.6 is 0 Å². The molecule has 0 aliphatic carbocycles. The molecule has 0 fully saturated rings. The molecule has 0 saturated carbocycles. The molecule has 0 aromatic heterocycles. The number of carboxylic acids is 1. The minimum absolute atomic E-state index is 0.00659. The van der Waals surface area contributed by atoms with Crippen LogP contribution in [0.2, 0.25) is 0 Å². The molecule has 15 heteroatoms. The first-order chi connectivity index (χ1) is 20.7. The predicted molar refractivity (Wildman–Crippen MR) is 167 cm³/mol. The van der Waals surface area contributed by atoms with Crippen LogP contribution in [0.5, 0.6) is 0 Å². The third-order valence-corrected chi connectivity index (χ3v) is 6.68. The van der Waals surface area contributed by atoms with Crippen molar-refractivity contribution in [3.05, 3.63) is 12.7 Å². The van der Waals surface area contributed by atoms with E-state index in [1.807, 2.05) is 13.8 Å². The van der Waals surface area contributed by atoms with Crippen LogP contribution in [0.3, 0.4) is 0 Å². The van der Waals surface area contributed by atoms with Crippen molar-refractivity contribution in [3.8, 4) is 0 Å². The molecule has 0 aromatic carbocycles. The Morgan fingerprint density at radius 2 is 1.09 bits per heavy atom. The van der Waals surface area contributed by atoms with Crippen molar-refractivity contribution in [2.24, 2.45) is 23.1 Å². The van der Waals surface area contributed by atoms with Gasteiger partial charge in [0.05, 0.1) is 6.04 Å². The van der Waals surface area contributed by atoms with E-state index in [1.54, 1.807) is 0 Å². The zero-order chi connectivity index (χ0) is 33.8. The van der Waals surface area contributed by atoms with Gasteiger partial charge in [0, 0.05) is 0 Å². The largest absolute Gasteiger partial charge is 0.480 e. The lowest BCUT2D eigenvalue weighted by Crippen LogP contribution is -2.58. The average Bonchev–Trinajstić information content (AvgIpc) is 2.94. The van der Waals surface area contributed by atoms with Gasteiger partial charge in [0.15, 0.2) is 0 Å². The summed E-state index contributed by atoms with van der Waals surface area (Å²) in [5.74, 6) is -4.35. The van der Waals surface area contributed by atoms with Gasteiger partial charge in [-0.25, -0.2) is 4.79 Å². The molecule has 6 atom stereocenters. The fourth-order valence-electron chi connectivity index (χ4n) is 4.14. The lowest BCUT2D eigenvalue weighted by atomic mass is 10.0. The molecular weight excluding hydrogens is 572 g/mol. The smallest absolute Gasteiger partial charge is 0.326 e. The van der Waals surface area contributed by atoms with E-state index in [0.717, 1.165) is 0 Å². The van der Waals surface area contributed by atoms with E-state index >= 15 is 0 Å². The number of aliphatic carboxylic acids is 1. The maximum absolute atomic E-state index is 13.4. The van der Waals surface area contributed by atoms with Crippen LogP contribution in [-0.2, 0) is 28.8 Å². The van der Waals surface area contributed by atoms with Crippen LogP contribution in [0.15, 0.2) is 12.7 Å². The summed E-state index contributed by atoms with van der Waals surface area (Å²) in [5.41, 5.74) is 16.8. The molecule has 12 N–H and O–H groups in total. The number of carbonyl (C=O) groups excluding carboxylic acids is 5. The topological polar surface area (TPSA) is 261 Å². The van der Waals surface area contributed by atoms with Gasteiger partial charge in [-0.1, -0.05) is 19.9 Å². The number of hydrogen-bond acceptors (Lipinski definition) is 9. The van der Waals surface area contributed by atoms with E-state index in [-0.39, 0.29) is 31.6 Å². The average molecular weight is 627 g/mol. The number of unbranched alkanes of at least 4 members (excludes halogenated alkanes) is 2. The van der Waals surface area contributed by atoms with E-state index in [1.165, 1.54) is 19.9 Å². The van der Waals surface area contributed by atoms with Crippen molar-refractivity contribution >= 4 is 35.5 Å². The summed E-state index contributed by atoms with van der Waals surface area (Å²) in [6.07, 6.45) is 4.37. The van der Waals surface area contributed by atoms with E-state index < -0.39 is 71.8 Å². The summed E-state index contributed by atoms with van der Waals surface area (Å²) in [7, 11) is 0. The lowest BCUT2D eigenvalue weighted by molar-refractivity contribution is -0.142. The van der Waals surface area contributed by atoms with Crippen molar-refractivity contribution < 1.29 is 33.9 Å². The molecule has 15 nitrogen and oxygen atoms in total. The number of rotatable bonds is 23. The van der Waals surface area contributed by atoms with E-state index in [2.05, 4.69) is 33.2 Å². The summed E-state index contributed by atoms with van der Waals surface area (Å²) >= 11 is 0. The number of nitrogens with two attached hydrogens (primary N) is 3. The molecule has 0 aromatic rings. The molecule has 0 saturated heterocycles. The van der Waals surface area contributed by atoms with Gasteiger partial charge >= 0.3 is 5.97 Å². The minimum Gasteiger partial charge on any atom is -0.480 e. The second kappa shape index (κ2) is 22.0. The van der Waals surface area contributed by atoms with Gasteiger partial charge < -0.3 is 48.9 Å². The van der Waals surface area contributed by atoms with Gasteiger partial charge in [-0.15, -0.1) is 6.58 Å². The Morgan fingerprint density at radius 1 is 0.659 bits per heavy atom. The molecule has 0 aliphatic rings. The van der Waals surface area contributed by atoms with E-state index in [4.69, 9.17) is 17.2 Å². The number of carboxylic acid groups (broad SMARTS) is 1. The summed E-state index contributed by atoms with van der Waals surface area (Å²) in [6.45, 7) is 10.9. The molecule has 0 rings (SSSR count). The van der Waals surface area contributed by atoms with Crippen molar-refractivity contribution in [1.82, 2.24) is 26.6 Å². The molecule has 0 unspecified atom stereocenters. The third-order valence-electron chi connectivity index (χ3n) is 6.68. The third kappa shape index (κ3) is 16.3. The molecular formula is C29H54N8O7. The van der Waals surface area contributed by atoms with E-state index in [0.29, 0.717) is 38.8 Å². The van der Waals surface area contributed by atoms with Gasteiger partial charge in [-0.2, -0.15) is 0 Å². The summed E-state index contributed by atoms with van der Waals surface area (Å²) in [6, 6.07) is -6.25. The first-order valence-corrected chi connectivity index (χ1v) is 15.2. The zero-order valence-corrected chi connectivity index (χ0v) is 26.5. The van der Waals surface area contributed by atoms with Crippen molar-refractivity contribution in [3.63, 3.8) is 0 Å². The fourth-order valence-corrected chi connectivity index (χ4v) is 4.14. The Balaban J connectivity index is 5.70. The summed E-state index contributed by atoms with van der Waals surface area (Å²) < 4.78 is 0. The Labute approximate surface area is 260 Å².